The third kappa shape index (κ3) is 77.1. The van der Waals surface area contributed by atoms with Crippen LogP contribution in [0.1, 0.15) is 323 Å². The third-order valence-corrected chi connectivity index (χ3v) is 18.7. The SMILES string of the molecule is CC/C=C\C/C=C\C/C=C\C/C=C\C/C=C\CC(=O)OC(COC(=O)CCCCCCCC/C=C\C/C=C\C/C=C\CCCCC)COP(=O)(O)OCC(O)COP(=O)(O)OCC(COC(=O)CCCCCCCC/C=C\C/C=C\C/C=C\CCCCC)OC(=O)CCCCCCC/C=C\CCCCCC. The maximum absolute atomic E-state index is 13.1. The Balaban J connectivity index is 5.43. The molecule has 0 radical (unpaired) electrons. The second-order valence-electron chi connectivity index (χ2n) is 27.0. The van der Waals surface area contributed by atoms with Crippen molar-refractivity contribution >= 4 is 39.5 Å². The first-order valence-electron chi connectivity index (χ1n) is 41.1. The van der Waals surface area contributed by atoms with Crippen molar-refractivity contribution in [2.45, 2.75) is 341 Å². The van der Waals surface area contributed by atoms with Crippen molar-refractivity contribution in [3.8, 4) is 0 Å². The summed E-state index contributed by atoms with van der Waals surface area (Å²) in [5.74, 6) is -2.36. The van der Waals surface area contributed by atoms with Gasteiger partial charge in [-0.1, -0.05) is 289 Å². The van der Waals surface area contributed by atoms with Gasteiger partial charge in [0.05, 0.1) is 32.8 Å². The molecule has 3 N–H and O–H groups in total. The molecule has 0 fully saturated rings. The van der Waals surface area contributed by atoms with Gasteiger partial charge >= 0.3 is 39.5 Å². The van der Waals surface area contributed by atoms with Crippen LogP contribution in [0, 0.1) is 0 Å². The van der Waals surface area contributed by atoms with Crippen molar-refractivity contribution in [3.63, 3.8) is 0 Å². The van der Waals surface area contributed by atoms with E-state index < -0.39 is 97.5 Å². The predicted molar refractivity (Wildman–Crippen MR) is 436 cm³/mol. The molecule has 0 aromatic rings. The molecule has 0 aliphatic carbocycles. The van der Waals surface area contributed by atoms with Gasteiger partial charge in [-0.05, 0) is 154 Å². The van der Waals surface area contributed by atoms with Crippen LogP contribution in [-0.4, -0.2) is 96.7 Å². The number of rotatable bonds is 76. The molecule has 106 heavy (non-hydrogen) atoms. The van der Waals surface area contributed by atoms with Crippen molar-refractivity contribution in [2.75, 3.05) is 39.6 Å². The van der Waals surface area contributed by atoms with Crippen molar-refractivity contribution < 1.29 is 80.2 Å². The number of carbonyl (C=O) groups excluding carboxylic acids is 4. The number of allylic oxidation sites excluding steroid dienone is 23. The average molecular weight is 1530 g/mol. The molecular formula is C87H146O17P2. The summed E-state index contributed by atoms with van der Waals surface area (Å²) in [5, 5.41) is 10.6. The summed E-state index contributed by atoms with van der Waals surface area (Å²) in [6, 6.07) is 0. The van der Waals surface area contributed by atoms with Crippen LogP contribution in [0.25, 0.3) is 0 Å². The van der Waals surface area contributed by atoms with Crippen LogP contribution in [0.15, 0.2) is 146 Å². The normalized spacial score (nSPS) is 14.6. The molecule has 5 unspecified atom stereocenters. The first-order valence-corrected chi connectivity index (χ1v) is 44.1. The molecule has 0 saturated carbocycles. The molecular weight excluding hydrogens is 1380 g/mol. The number of phosphoric acid groups is 2. The van der Waals surface area contributed by atoms with E-state index in [-0.39, 0.29) is 25.7 Å². The zero-order valence-electron chi connectivity index (χ0n) is 66.3. The minimum absolute atomic E-state index is 0.0760. The minimum atomic E-state index is -5.01. The molecule has 0 rings (SSSR count). The first-order chi connectivity index (χ1) is 51.7. The number of phosphoric ester groups is 2. The van der Waals surface area contributed by atoms with Gasteiger partial charge in [0.1, 0.15) is 19.3 Å². The zero-order chi connectivity index (χ0) is 77.4. The Hall–Kier alpha value is -5.06. The second-order valence-corrected chi connectivity index (χ2v) is 29.9. The Bertz CT molecular complexity index is 2580. The van der Waals surface area contributed by atoms with Crippen LogP contribution in [0.4, 0.5) is 0 Å². The van der Waals surface area contributed by atoms with Gasteiger partial charge < -0.3 is 33.8 Å². The molecule has 19 heteroatoms. The molecule has 606 valence electrons. The lowest BCUT2D eigenvalue weighted by Gasteiger charge is -2.21. The van der Waals surface area contributed by atoms with E-state index in [1.165, 1.54) is 64.2 Å². The smallest absolute Gasteiger partial charge is 0.462 e. The molecule has 0 amide bonds. The molecule has 17 nitrogen and oxygen atoms in total. The summed E-state index contributed by atoms with van der Waals surface area (Å²) < 4.78 is 68.5. The predicted octanol–water partition coefficient (Wildman–Crippen LogP) is 24.2. The Morgan fingerprint density at radius 2 is 0.528 bits per heavy atom. The average Bonchev–Trinajstić information content (AvgIpc) is 0.903. The number of aliphatic hydroxyl groups excluding tert-OH is 1. The summed E-state index contributed by atoms with van der Waals surface area (Å²) in [6.07, 6.45) is 89.9. The lowest BCUT2D eigenvalue weighted by atomic mass is 10.1. The number of ether oxygens (including phenoxy) is 4. The van der Waals surface area contributed by atoms with Gasteiger partial charge in [-0.25, -0.2) is 9.13 Å². The van der Waals surface area contributed by atoms with Gasteiger partial charge in [-0.3, -0.25) is 37.3 Å². The van der Waals surface area contributed by atoms with Crippen LogP contribution in [0.2, 0.25) is 0 Å². The van der Waals surface area contributed by atoms with E-state index in [0.717, 1.165) is 180 Å². The maximum atomic E-state index is 13.1. The van der Waals surface area contributed by atoms with Crippen molar-refractivity contribution in [1.82, 2.24) is 0 Å². The maximum Gasteiger partial charge on any atom is 0.472 e. The highest BCUT2D eigenvalue weighted by atomic mass is 31.2. The summed E-state index contributed by atoms with van der Waals surface area (Å²) in [7, 11) is -10.0. The highest BCUT2D eigenvalue weighted by Gasteiger charge is 2.30. The lowest BCUT2D eigenvalue weighted by molar-refractivity contribution is -0.161. The van der Waals surface area contributed by atoms with Gasteiger partial charge in [-0.15, -0.1) is 0 Å². The van der Waals surface area contributed by atoms with Crippen molar-refractivity contribution in [3.05, 3.63) is 146 Å². The van der Waals surface area contributed by atoms with Crippen LogP contribution >= 0.6 is 15.6 Å². The molecule has 0 aliphatic heterocycles. The van der Waals surface area contributed by atoms with Crippen molar-refractivity contribution in [1.29, 1.82) is 0 Å². The first kappa shape index (κ1) is 101. The zero-order valence-corrected chi connectivity index (χ0v) is 68.1. The fraction of sp³-hybridized carbons (Fsp3) is 0.678. The Kier molecular flexibility index (Phi) is 74.3. The van der Waals surface area contributed by atoms with Crippen molar-refractivity contribution in [2.24, 2.45) is 0 Å². The van der Waals surface area contributed by atoms with E-state index in [4.69, 9.17) is 37.0 Å². The van der Waals surface area contributed by atoms with Gasteiger partial charge in [0.25, 0.3) is 0 Å². The van der Waals surface area contributed by atoms with Crippen LogP contribution in [0.3, 0.4) is 0 Å². The Morgan fingerprint density at radius 1 is 0.283 bits per heavy atom. The molecule has 0 spiro atoms. The van der Waals surface area contributed by atoms with Gasteiger partial charge in [0, 0.05) is 19.3 Å². The number of aliphatic hydroxyl groups is 1. The summed E-state index contributed by atoms with van der Waals surface area (Å²) >= 11 is 0. The molecule has 0 bridgehead atoms. The molecule has 5 atom stereocenters. The molecule has 0 aromatic heterocycles. The summed E-state index contributed by atoms with van der Waals surface area (Å²) in [6.45, 7) is 4.55. The molecule has 0 aliphatic rings. The van der Waals surface area contributed by atoms with Gasteiger partial charge in [0.15, 0.2) is 12.2 Å². The number of unbranched alkanes of at least 4 members (excludes halogenated alkanes) is 27. The fourth-order valence-corrected chi connectivity index (χ4v) is 12.1. The quantitative estimate of drug-likeness (QED) is 0.0169. The summed E-state index contributed by atoms with van der Waals surface area (Å²) in [5.41, 5.74) is 0. The number of carbonyl (C=O) groups is 4. The Labute approximate surface area is 643 Å². The second kappa shape index (κ2) is 78.1. The highest BCUT2D eigenvalue weighted by Crippen LogP contribution is 2.45. The van der Waals surface area contributed by atoms with E-state index in [0.29, 0.717) is 25.7 Å². The summed E-state index contributed by atoms with van der Waals surface area (Å²) in [4.78, 5) is 73.0. The fourth-order valence-electron chi connectivity index (χ4n) is 10.5. The van der Waals surface area contributed by atoms with Crippen LogP contribution in [0.5, 0.6) is 0 Å². The van der Waals surface area contributed by atoms with E-state index in [2.05, 4.69) is 149 Å². The third-order valence-electron chi connectivity index (χ3n) is 16.8. The largest absolute Gasteiger partial charge is 0.472 e. The Morgan fingerprint density at radius 3 is 0.868 bits per heavy atom. The lowest BCUT2D eigenvalue weighted by Crippen LogP contribution is -2.30. The van der Waals surface area contributed by atoms with E-state index in [1.807, 2.05) is 12.2 Å². The van der Waals surface area contributed by atoms with E-state index >= 15 is 0 Å². The van der Waals surface area contributed by atoms with E-state index in [1.54, 1.807) is 12.2 Å². The molecule has 0 heterocycles. The molecule has 0 saturated heterocycles. The highest BCUT2D eigenvalue weighted by molar-refractivity contribution is 7.47. The monoisotopic (exact) mass is 1530 g/mol. The number of hydrogen-bond acceptors (Lipinski definition) is 15. The van der Waals surface area contributed by atoms with Crippen LogP contribution in [-0.2, 0) is 65.4 Å². The van der Waals surface area contributed by atoms with Crippen LogP contribution < -0.4 is 0 Å². The van der Waals surface area contributed by atoms with Gasteiger partial charge in [-0.2, -0.15) is 0 Å². The number of esters is 4. The number of hydrogen-bond donors (Lipinski definition) is 3. The topological polar surface area (TPSA) is 237 Å². The van der Waals surface area contributed by atoms with Gasteiger partial charge in [0.2, 0.25) is 0 Å². The van der Waals surface area contributed by atoms with E-state index in [9.17, 15) is 43.2 Å². The minimum Gasteiger partial charge on any atom is -0.462 e. The standard InChI is InChI=1S/C87H146O17P2/c1-5-9-13-17-21-25-29-33-36-38-40-42-45-48-51-55-59-63-67-71-84(89)97-77-82(103-86(91)73-69-65-61-57-53-47-32-28-24-20-16-12-8-4)79-101-105(93,94)99-75-81(88)76-100-106(95,96)102-80-83(104-87(92)74-70-66-62-58-54-50-44-35-31-27-23-19-15-11-7-3)78-98-85(90)72-68-64-60-56-52-49-46-43-41-39-37-34-30-26-22-18-14-10-6-2/h11,15,21-23,25-28,32-37,40-44,54,58,66,70,81-83,88H,5-10,12-14,16-20,24,29-31,38-39,45-53,55-57,59-65,67-69,71-80H2,1-4H3,(H,93,94)(H,95,96)/b15-11-,25-21-,26-22-,27-23-,32-28-,36-33-,37-34-,42-40-,43-41-,44-35-,58-54-,70-66-. The molecule has 0 aromatic carbocycles.